The lowest BCUT2D eigenvalue weighted by molar-refractivity contribution is 0.680. The van der Waals surface area contributed by atoms with Gasteiger partial charge in [-0.2, -0.15) is 0 Å². The number of fused-ring (bicyclic) bond motifs is 2. The quantitative estimate of drug-likeness (QED) is 0.554. The highest BCUT2D eigenvalue weighted by Crippen LogP contribution is 2.31. The number of benzene rings is 2. The molecule has 23 heavy (non-hydrogen) atoms. The van der Waals surface area contributed by atoms with Crippen LogP contribution in [-0.4, -0.2) is 0 Å². The largest absolute Gasteiger partial charge is 0.0619 e. The van der Waals surface area contributed by atoms with Gasteiger partial charge >= 0.3 is 0 Å². The van der Waals surface area contributed by atoms with Crippen molar-refractivity contribution in [2.24, 2.45) is 0 Å². The first-order chi connectivity index (χ1) is 11.4. The van der Waals surface area contributed by atoms with E-state index in [1.54, 1.807) is 0 Å². The average Bonchev–Trinajstić information content (AvgIpc) is 3.17. The molecule has 0 saturated heterocycles. The minimum atomic E-state index is 1.21. The minimum Gasteiger partial charge on any atom is -0.0619 e. The molecule has 2 aliphatic rings. The van der Waals surface area contributed by atoms with Crippen LogP contribution in [0.3, 0.4) is 0 Å². The van der Waals surface area contributed by atoms with Crippen molar-refractivity contribution in [2.75, 3.05) is 0 Å². The first-order valence-corrected chi connectivity index (χ1v) is 8.67. The standard InChI is InChI=1S/C23H22/c1(2-8-18-14-20-10-4-5-11-21(20)15-18)3-9-19-16-22-12-6-7-13-23(22)17-19/h4-7,10-17H,1-3,8-9H2. The molecule has 0 atom stereocenters. The Kier molecular flexibility index (Phi) is 4.15. The number of unbranched alkanes of at least 4 members (excludes halogenated alkanes) is 2. The Morgan fingerprint density at radius 1 is 0.478 bits per heavy atom. The maximum atomic E-state index is 2.35. The van der Waals surface area contributed by atoms with Crippen molar-refractivity contribution in [3.8, 4) is 0 Å². The SMILES string of the molecule is [CH]1C(CCCCCC2=Cc3ccccc3[CH]2)=Cc2ccccc21. The van der Waals surface area contributed by atoms with E-state index in [0.717, 1.165) is 0 Å². The third kappa shape index (κ3) is 3.32. The zero-order valence-corrected chi connectivity index (χ0v) is 13.5. The van der Waals surface area contributed by atoms with Gasteiger partial charge in [0.2, 0.25) is 0 Å². The third-order valence-corrected chi connectivity index (χ3v) is 4.79. The maximum Gasteiger partial charge on any atom is 0.0164 e. The third-order valence-electron chi connectivity index (χ3n) is 4.79. The van der Waals surface area contributed by atoms with E-state index in [0.29, 0.717) is 0 Å². The fourth-order valence-corrected chi connectivity index (χ4v) is 3.55. The summed E-state index contributed by atoms with van der Waals surface area (Å²) in [5.74, 6) is 0. The maximum absolute atomic E-state index is 2.35. The molecular weight excluding hydrogens is 276 g/mol. The van der Waals surface area contributed by atoms with Crippen LogP contribution in [0.2, 0.25) is 0 Å². The first kappa shape index (κ1) is 14.5. The molecule has 0 unspecified atom stereocenters. The van der Waals surface area contributed by atoms with E-state index in [4.69, 9.17) is 0 Å². The molecule has 0 aromatic heterocycles. The second-order valence-corrected chi connectivity index (χ2v) is 6.55. The Bertz CT molecular complexity index is 696. The van der Waals surface area contributed by atoms with E-state index >= 15 is 0 Å². The summed E-state index contributed by atoms with van der Waals surface area (Å²) >= 11 is 0. The Morgan fingerprint density at radius 3 is 1.35 bits per heavy atom. The molecule has 0 fully saturated rings. The molecule has 0 nitrogen and oxygen atoms in total. The summed E-state index contributed by atoms with van der Waals surface area (Å²) in [5, 5.41) is 0. The van der Waals surface area contributed by atoms with Gasteiger partial charge < -0.3 is 0 Å². The Morgan fingerprint density at radius 2 is 0.913 bits per heavy atom. The molecule has 2 aromatic rings. The molecule has 0 bridgehead atoms. The molecule has 0 N–H and O–H groups in total. The van der Waals surface area contributed by atoms with E-state index in [-0.39, 0.29) is 0 Å². The van der Waals surface area contributed by atoms with Crippen LogP contribution in [0.5, 0.6) is 0 Å². The molecule has 4 rings (SSSR count). The van der Waals surface area contributed by atoms with Crippen LogP contribution in [0.25, 0.3) is 12.2 Å². The lowest BCUT2D eigenvalue weighted by atomic mass is 10.0. The molecular formula is C23H22. The van der Waals surface area contributed by atoms with E-state index < -0.39 is 0 Å². The Hall–Kier alpha value is -2.08. The van der Waals surface area contributed by atoms with Crippen molar-refractivity contribution in [1.29, 1.82) is 0 Å². The van der Waals surface area contributed by atoms with Crippen molar-refractivity contribution in [1.82, 2.24) is 0 Å². The topological polar surface area (TPSA) is 0 Å². The molecule has 0 saturated carbocycles. The highest BCUT2D eigenvalue weighted by Gasteiger charge is 2.13. The van der Waals surface area contributed by atoms with Gasteiger partial charge in [0.15, 0.2) is 0 Å². The molecule has 0 amide bonds. The molecule has 0 aliphatic heterocycles. The van der Waals surface area contributed by atoms with Crippen LogP contribution in [0.15, 0.2) is 59.7 Å². The van der Waals surface area contributed by atoms with Crippen LogP contribution >= 0.6 is 0 Å². The van der Waals surface area contributed by atoms with Crippen molar-refractivity contribution < 1.29 is 0 Å². The van der Waals surface area contributed by atoms with Gasteiger partial charge in [-0.15, -0.1) is 0 Å². The van der Waals surface area contributed by atoms with Crippen molar-refractivity contribution >= 4 is 12.2 Å². The lowest BCUT2D eigenvalue weighted by Crippen LogP contribution is -1.86. The molecule has 2 aliphatic carbocycles. The fourth-order valence-electron chi connectivity index (χ4n) is 3.55. The summed E-state index contributed by atoms with van der Waals surface area (Å²) in [6.45, 7) is 0. The summed E-state index contributed by atoms with van der Waals surface area (Å²) < 4.78 is 0. The number of hydrogen-bond acceptors (Lipinski definition) is 0. The minimum absolute atomic E-state index is 1.21. The van der Waals surface area contributed by atoms with E-state index in [1.807, 2.05) is 0 Å². The van der Waals surface area contributed by atoms with Gasteiger partial charge in [0, 0.05) is 12.8 Å². The average molecular weight is 298 g/mol. The van der Waals surface area contributed by atoms with Gasteiger partial charge in [0.05, 0.1) is 0 Å². The predicted molar refractivity (Wildman–Crippen MR) is 98.7 cm³/mol. The van der Waals surface area contributed by atoms with Gasteiger partial charge in [-0.25, -0.2) is 0 Å². The second-order valence-electron chi connectivity index (χ2n) is 6.55. The monoisotopic (exact) mass is 298 g/mol. The molecule has 0 heteroatoms. The van der Waals surface area contributed by atoms with E-state index in [1.165, 1.54) is 65.5 Å². The first-order valence-electron chi connectivity index (χ1n) is 8.67. The Labute approximate surface area is 139 Å². The summed E-state index contributed by atoms with van der Waals surface area (Å²) in [7, 11) is 0. The van der Waals surface area contributed by atoms with Gasteiger partial charge in [-0.3, -0.25) is 0 Å². The van der Waals surface area contributed by atoms with Crippen LogP contribution in [-0.2, 0) is 0 Å². The smallest absolute Gasteiger partial charge is 0.0164 e. The molecule has 114 valence electrons. The van der Waals surface area contributed by atoms with E-state index in [2.05, 4.69) is 73.5 Å². The second kappa shape index (κ2) is 6.58. The predicted octanol–water partition coefficient (Wildman–Crippen LogP) is 6.24. The molecule has 0 spiro atoms. The van der Waals surface area contributed by atoms with Gasteiger partial charge in [0.1, 0.15) is 0 Å². The Balaban J connectivity index is 1.19. The number of hydrogen-bond donors (Lipinski definition) is 0. The molecule has 2 aromatic carbocycles. The summed E-state index contributed by atoms with van der Waals surface area (Å²) in [4.78, 5) is 0. The lowest BCUT2D eigenvalue weighted by Gasteiger charge is -2.04. The van der Waals surface area contributed by atoms with Gasteiger partial charge in [0.25, 0.3) is 0 Å². The molecule has 0 heterocycles. The van der Waals surface area contributed by atoms with Crippen molar-refractivity contribution in [2.45, 2.75) is 32.1 Å². The summed E-state index contributed by atoms with van der Waals surface area (Å²) in [5.41, 5.74) is 8.50. The van der Waals surface area contributed by atoms with Crippen molar-refractivity contribution in [3.05, 3.63) is 94.8 Å². The fraction of sp³-hybridized carbons (Fsp3) is 0.217. The zero-order valence-electron chi connectivity index (χ0n) is 13.5. The van der Waals surface area contributed by atoms with Crippen LogP contribution in [0.4, 0.5) is 0 Å². The number of rotatable bonds is 6. The highest BCUT2D eigenvalue weighted by atomic mass is 14.2. The summed E-state index contributed by atoms with van der Waals surface area (Å²) in [6, 6.07) is 17.3. The van der Waals surface area contributed by atoms with Crippen LogP contribution in [0, 0.1) is 12.8 Å². The van der Waals surface area contributed by atoms with E-state index in [9.17, 15) is 0 Å². The van der Waals surface area contributed by atoms with Gasteiger partial charge in [-0.1, -0.05) is 78.3 Å². The normalized spacial score (nSPS) is 15.1. The zero-order chi connectivity index (χ0) is 15.5. The molecule has 2 radical (unpaired) electrons. The summed E-state index contributed by atoms with van der Waals surface area (Å²) in [6.07, 6.45) is 15.7. The van der Waals surface area contributed by atoms with Gasteiger partial charge in [-0.05, 0) is 47.9 Å². The van der Waals surface area contributed by atoms with Crippen LogP contribution in [0.1, 0.15) is 54.4 Å². The van der Waals surface area contributed by atoms with Crippen molar-refractivity contribution in [3.63, 3.8) is 0 Å². The highest BCUT2D eigenvalue weighted by molar-refractivity contribution is 5.69. The number of allylic oxidation sites excluding steroid dienone is 2. The van der Waals surface area contributed by atoms with Crippen LogP contribution < -0.4 is 0 Å².